The van der Waals surface area contributed by atoms with Crippen LogP contribution in [0, 0.1) is 6.92 Å². The summed E-state index contributed by atoms with van der Waals surface area (Å²) in [6.45, 7) is 4.13. The Bertz CT molecular complexity index is 713. The molecule has 0 amide bonds. The Labute approximate surface area is 125 Å². The highest BCUT2D eigenvalue weighted by atomic mass is 16.5. The highest BCUT2D eigenvalue weighted by molar-refractivity contribution is 5.90. The molecule has 0 saturated carbocycles. The molecule has 106 valence electrons. The van der Waals surface area contributed by atoms with Crippen LogP contribution in [-0.2, 0) is 4.79 Å². The van der Waals surface area contributed by atoms with Crippen LogP contribution < -0.4 is 4.74 Å². The Balaban J connectivity index is 2.23. The van der Waals surface area contributed by atoms with Crippen LogP contribution in [0.2, 0.25) is 0 Å². The molecule has 1 aliphatic heterocycles. The van der Waals surface area contributed by atoms with Gasteiger partial charge < -0.3 is 9.53 Å². The third-order valence-electron chi connectivity index (χ3n) is 3.99. The summed E-state index contributed by atoms with van der Waals surface area (Å²) >= 11 is 0. The number of carbonyl (C=O) groups is 1. The van der Waals surface area contributed by atoms with Crippen LogP contribution in [0.3, 0.4) is 0 Å². The van der Waals surface area contributed by atoms with Crippen molar-refractivity contribution in [2.24, 2.45) is 0 Å². The molecule has 3 rings (SSSR count). The first-order valence-corrected chi connectivity index (χ1v) is 7.27. The molecule has 1 aliphatic rings. The third-order valence-corrected chi connectivity index (χ3v) is 3.99. The summed E-state index contributed by atoms with van der Waals surface area (Å²) in [5, 5.41) is 0. The van der Waals surface area contributed by atoms with Crippen molar-refractivity contribution in [2.75, 3.05) is 0 Å². The van der Waals surface area contributed by atoms with Gasteiger partial charge in [-0.3, -0.25) is 0 Å². The molecule has 0 aliphatic carbocycles. The molecule has 1 heterocycles. The van der Waals surface area contributed by atoms with E-state index in [0.717, 1.165) is 46.5 Å². The maximum Gasteiger partial charge on any atom is 0.132 e. The third kappa shape index (κ3) is 2.27. The number of rotatable bonds is 3. The lowest BCUT2D eigenvalue weighted by molar-refractivity contribution is -0.108. The van der Waals surface area contributed by atoms with Crippen molar-refractivity contribution in [2.45, 2.75) is 26.2 Å². The van der Waals surface area contributed by atoms with Gasteiger partial charge in [0.05, 0.1) is 5.92 Å². The van der Waals surface area contributed by atoms with Gasteiger partial charge >= 0.3 is 0 Å². The predicted octanol–water partition coefficient (Wildman–Crippen LogP) is 4.49. The highest BCUT2D eigenvalue weighted by Crippen LogP contribution is 2.44. The fourth-order valence-corrected chi connectivity index (χ4v) is 2.94. The zero-order chi connectivity index (χ0) is 14.8. The topological polar surface area (TPSA) is 26.3 Å². The normalized spacial score (nSPS) is 17.1. The minimum Gasteiger partial charge on any atom is -0.461 e. The van der Waals surface area contributed by atoms with Gasteiger partial charge in [-0.2, -0.15) is 0 Å². The largest absolute Gasteiger partial charge is 0.461 e. The average molecular weight is 278 g/mol. The molecule has 2 heteroatoms. The summed E-state index contributed by atoms with van der Waals surface area (Å²) < 4.78 is 6.06. The summed E-state index contributed by atoms with van der Waals surface area (Å²) in [6.07, 6.45) is 1.79. The van der Waals surface area contributed by atoms with E-state index in [1.165, 1.54) is 0 Å². The molecule has 0 bridgehead atoms. The van der Waals surface area contributed by atoms with E-state index in [4.69, 9.17) is 4.74 Å². The van der Waals surface area contributed by atoms with Crippen molar-refractivity contribution in [3.8, 4) is 5.75 Å². The Morgan fingerprint density at radius 2 is 1.81 bits per heavy atom. The number of hydrogen-bond acceptors (Lipinski definition) is 2. The number of carbonyl (C=O) groups excluding carboxylic acids is 1. The number of allylic oxidation sites excluding steroid dienone is 2. The van der Waals surface area contributed by atoms with Gasteiger partial charge in [0.2, 0.25) is 0 Å². The van der Waals surface area contributed by atoms with Gasteiger partial charge in [0.25, 0.3) is 0 Å². The first kappa shape index (κ1) is 13.6. The molecule has 0 fully saturated rings. The van der Waals surface area contributed by atoms with Crippen LogP contribution in [0.4, 0.5) is 0 Å². The lowest BCUT2D eigenvalue weighted by atomic mass is 9.83. The van der Waals surface area contributed by atoms with Crippen molar-refractivity contribution >= 4 is 11.9 Å². The van der Waals surface area contributed by atoms with E-state index in [1.807, 2.05) is 36.4 Å². The Kier molecular flexibility index (Phi) is 3.61. The zero-order valence-corrected chi connectivity index (χ0v) is 12.3. The molecule has 2 aromatic carbocycles. The summed E-state index contributed by atoms with van der Waals surface area (Å²) in [4.78, 5) is 11.8. The van der Waals surface area contributed by atoms with E-state index < -0.39 is 0 Å². The van der Waals surface area contributed by atoms with E-state index in [9.17, 15) is 4.79 Å². The Morgan fingerprint density at radius 3 is 2.52 bits per heavy atom. The molecule has 1 unspecified atom stereocenters. The SMILES string of the molecule is CCC1=C(c2ccccc2C)C(C=O)c2ccccc2O1. The Hall–Kier alpha value is -2.35. The second-order valence-corrected chi connectivity index (χ2v) is 5.26. The molecule has 2 aromatic rings. The quantitative estimate of drug-likeness (QED) is 0.773. The van der Waals surface area contributed by atoms with Gasteiger partial charge in [-0.25, -0.2) is 0 Å². The lowest BCUT2D eigenvalue weighted by Gasteiger charge is -2.28. The van der Waals surface area contributed by atoms with Crippen molar-refractivity contribution in [3.05, 3.63) is 71.0 Å². The fraction of sp³-hybridized carbons (Fsp3) is 0.211. The molecule has 0 aromatic heterocycles. The predicted molar refractivity (Wildman–Crippen MR) is 84.3 cm³/mol. The molecular formula is C19H18O2. The van der Waals surface area contributed by atoms with E-state index >= 15 is 0 Å². The van der Waals surface area contributed by atoms with E-state index in [1.54, 1.807) is 0 Å². The van der Waals surface area contributed by atoms with Gasteiger partial charge in [-0.1, -0.05) is 49.4 Å². The number of ether oxygens (including phenoxy) is 1. The van der Waals surface area contributed by atoms with Crippen molar-refractivity contribution in [3.63, 3.8) is 0 Å². The number of benzene rings is 2. The molecule has 0 radical (unpaired) electrons. The monoisotopic (exact) mass is 278 g/mol. The van der Waals surface area contributed by atoms with Gasteiger partial charge in [-0.15, -0.1) is 0 Å². The maximum atomic E-state index is 11.8. The second kappa shape index (κ2) is 5.57. The van der Waals surface area contributed by atoms with Crippen molar-refractivity contribution in [1.29, 1.82) is 0 Å². The number of hydrogen-bond donors (Lipinski definition) is 0. The molecule has 1 atom stereocenters. The lowest BCUT2D eigenvalue weighted by Crippen LogP contribution is -2.16. The summed E-state index contributed by atoms with van der Waals surface area (Å²) in [7, 11) is 0. The summed E-state index contributed by atoms with van der Waals surface area (Å²) in [5.41, 5.74) is 4.21. The maximum absolute atomic E-state index is 11.8. The standard InChI is InChI=1S/C19H18O2/c1-3-17-19(14-9-5-4-8-13(14)2)16(12-20)15-10-6-7-11-18(15)21-17/h4-12,16H,3H2,1-2H3. The smallest absolute Gasteiger partial charge is 0.132 e. The van der Waals surface area contributed by atoms with Crippen LogP contribution in [-0.4, -0.2) is 6.29 Å². The minimum absolute atomic E-state index is 0.258. The van der Waals surface area contributed by atoms with Crippen LogP contribution >= 0.6 is 0 Å². The Morgan fingerprint density at radius 1 is 1.10 bits per heavy atom. The number of aryl methyl sites for hydroxylation is 1. The van der Waals surface area contributed by atoms with E-state index in [0.29, 0.717) is 0 Å². The molecule has 21 heavy (non-hydrogen) atoms. The van der Waals surface area contributed by atoms with E-state index in [2.05, 4.69) is 26.0 Å². The zero-order valence-electron chi connectivity index (χ0n) is 12.3. The van der Waals surface area contributed by atoms with Crippen LogP contribution in [0.5, 0.6) is 5.75 Å². The van der Waals surface area contributed by atoms with Crippen molar-refractivity contribution in [1.82, 2.24) is 0 Å². The van der Waals surface area contributed by atoms with Crippen LogP contribution in [0.15, 0.2) is 54.3 Å². The van der Waals surface area contributed by atoms with Gasteiger partial charge in [0, 0.05) is 17.6 Å². The van der Waals surface area contributed by atoms with Crippen molar-refractivity contribution < 1.29 is 9.53 Å². The van der Waals surface area contributed by atoms with E-state index in [-0.39, 0.29) is 5.92 Å². The minimum atomic E-state index is -0.258. The second-order valence-electron chi connectivity index (χ2n) is 5.26. The average Bonchev–Trinajstić information content (AvgIpc) is 2.53. The number of aldehydes is 1. The highest BCUT2D eigenvalue weighted by Gasteiger charge is 2.30. The van der Waals surface area contributed by atoms with Gasteiger partial charge in [-0.05, 0) is 24.1 Å². The molecule has 0 N–H and O–H groups in total. The molecular weight excluding hydrogens is 260 g/mol. The molecule has 0 saturated heterocycles. The van der Waals surface area contributed by atoms with Gasteiger partial charge in [0.1, 0.15) is 17.8 Å². The van der Waals surface area contributed by atoms with Crippen LogP contribution in [0.1, 0.15) is 36.0 Å². The fourth-order valence-electron chi connectivity index (χ4n) is 2.94. The summed E-state index contributed by atoms with van der Waals surface area (Å²) in [5.74, 6) is 1.43. The first-order valence-electron chi connectivity index (χ1n) is 7.27. The molecule has 0 spiro atoms. The number of fused-ring (bicyclic) bond motifs is 1. The molecule has 2 nitrogen and oxygen atoms in total. The number of para-hydroxylation sites is 1. The summed E-state index contributed by atoms with van der Waals surface area (Å²) in [6, 6.07) is 15.9. The first-order chi connectivity index (χ1) is 10.3. The van der Waals surface area contributed by atoms with Crippen LogP contribution in [0.25, 0.3) is 5.57 Å². The van der Waals surface area contributed by atoms with Gasteiger partial charge in [0.15, 0.2) is 0 Å².